The van der Waals surface area contributed by atoms with Crippen molar-refractivity contribution in [3.8, 4) is 0 Å². The number of aliphatic hydroxyl groups excluding tert-OH is 2. The van der Waals surface area contributed by atoms with Gasteiger partial charge in [-0.15, -0.1) is 0 Å². The first-order valence-corrected chi connectivity index (χ1v) is 5.84. The van der Waals surface area contributed by atoms with Gasteiger partial charge in [0.15, 0.2) is 0 Å². The second-order valence-electron chi connectivity index (χ2n) is 3.81. The van der Waals surface area contributed by atoms with Crippen LogP contribution in [-0.2, 0) is 11.3 Å². The average Bonchev–Trinajstić information content (AvgIpc) is 2.37. The van der Waals surface area contributed by atoms with Gasteiger partial charge < -0.3 is 19.7 Å². The van der Waals surface area contributed by atoms with Gasteiger partial charge in [-0.1, -0.05) is 6.07 Å². The van der Waals surface area contributed by atoms with Crippen LogP contribution < -0.4 is 5.56 Å². The first-order valence-electron chi connectivity index (χ1n) is 5.84. The lowest BCUT2D eigenvalue weighted by molar-refractivity contribution is -0.132. The number of hydrogen-bond donors (Lipinski definition) is 2. The third kappa shape index (κ3) is 4.31. The van der Waals surface area contributed by atoms with Crippen molar-refractivity contribution in [1.82, 2.24) is 9.47 Å². The maximum absolute atomic E-state index is 11.8. The molecular formula is C12H18N2O4. The van der Waals surface area contributed by atoms with Gasteiger partial charge in [0.25, 0.3) is 5.56 Å². The molecule has 0 bridgehead atoms. The topological polar surface area (TPSA) is 82.8 Å². The standard InChI is InChI=1S/C12H18N2O4/c15-9-7-14(8-10-16)12(18)4-6-13-5-2-1-3-11(13)17/h1-3,5,15-16H,4,6-10H2. The smallest absolute Gasteiger partial charge is 0.250 e. The Hall–Kier alpha value is -1.66. The van der Waals surface area contributed by atoms with E-state index < -0.39 is 0 Å². The summed E-state index contributed by atoms with van der Waals surface area (Å²) in [5.41, 5.74) is -0.152. The molecule has 0 aliphatic carbocycles. The molecule has 18 heavy (non-hydrogen) atoms. The number of rotatable bonds is 7. The van der Waals surface area contributed by atoms with Crippen molar-refractivity contribution in [3.05, 3.63) is 34.7 Å². The Morgan fingerprint density at radius 3 is 2.44 bits per heavy atom. The molecule has 0 radical (unpaired) electrons. The molecule has 2 N–H and O–H groups in total. The highest BCUT2D eigenvalue weighted by Crippen LogP contribution is 1.96. The molecule has 1 aromatic rings. The summed E-state index contributed by atoms with van der Waals surface area (Å²) in [7, 11) is 0. The Morgan fingerprint density at radius 1 is 1.22 bits per heavy atom. The summed E-state index contributed by atoms with van der Waals surface area (Å²) in [4.78, 5) is 24.6. The molecule has 1 aromatic heterocycles. The zero-order valence-corrected chi connectivity index (χ0v) is 10.2. The molecule has 0 aliphatic heterocycles. The predicted molar refractivity (Wildman–Crippen MR) is 66.1 cm³/mol. The molecule has 0 atom stereocenters. The molecule has 0 aliphatic rings. The van der Waals surface area contributed by atoms with Gasteiger partial charge in [-0.25, -0.2) is 0 Å². The second kappa shape index (κ2) is 7.62. The molecule has 6 nitrogen and oxygen atoms in total. The van der Waals surface area contributed by atoms with Gasteiger partial charge >= 0.3 is 0 Å². The van der Waals surface area contributed by atoms with Gasteiger partial charge in [-0.2, -0.15) is 0 Å². The highest BCUT2D eigenvalue weighted by Gasteiger charge is 2.12. The van der Waals surface area contributed by atoms with Crippen molar-refractivity contribution >= 4 is 5.91 Å². The largest absolute Gasteiger partial charge is 0.395 e. The average molecular weight is 254 g/mol. The monoisotopic (exact) mass is 254 g/mol. The predicted octanol–water partition coefficient (Wildman–Crippen LogP) is -0.948. The van der Waals surface area contributed by atoms with Gasteiger partial charge in [0.1, 0.15) is 0 Å². The highest BCUT2D eigenvalue weighted by molar-refractivity contribution is 5.76. The Labute approximate surface area is 105 Å². The van der Waals surface area contributed by atoms with E-state index in [1.54, 1.807) is 18.3 Å². The number of aryl methyl sites for hydroxylation is 1. The quantitative estimate of drug-likeness (QED) is 0.657. The SMILES string of the molecule is O=C(CCn1ccccc1=O)N(CCO)CCO. The maximum Gasteiger partial charge on any atom is 0.250 e. The molecule has 1 amide bonds. The van der Waals surface area contributed by atoms with Crippen LogP contribution in [0.5, 0.6) is 0 Å². The number of pyridine rings is 1. The Kier molecular flexibility index (Phi) is 6.10. The van der Waals surface area contributed by atoms with E-state index in [0.29, 0.717) is 6.54 Å². The molecule has 0 unspecified atom stereocenters. The normalized spacial score (nSPS) is 10.3. The van der Waals surface area contributed by atoms with Crippen LogP contribution in [0.4, 0.5) is 0 Å². The van der Waals surface area contributed by atoms with Crippen molar-refractivity contribution in [2.45, 2.75) is 13.0 Å². The van der Waals surface area contributed by atoms with E-state index in [9.17, 15) is 9.59 Å². The number of nitrogens with zero attached hydrogens (tertiary/aromatic N) is 2. The van der Waals surface area contributed by atoms with Gasteiger partial charge in [0.2, 0.25) is 5.91 Å². The molecule has 0 saturated carbocycles. The molecule has 1 rings (SSSR count). The van der Waals surface area contributed by atoms with Crippen LogP contribution in [0.2, 0.25) is 0 Å². The molecule has 0 spiro atoms. The first-order chi connectivity index (χ1) is 8.69. The summed E-state index contributed by atoms with van der Waals surface area (Å²) in [6.45, 7) is 0.409. The van der Waals surface area contributed by atoms with E-state index in [-0.39, 0.29) is 44.2 Å². The van der Waals surface area contributed by atoms with Crippen molar-refractivity contribution in [3.63, 3.8) is 0 Å². The van der Waals surface area contributed by atoms with E-state index in [1.165, 1.54) is 15.5 Å². The second-order valence-corrected chi connectivity index (χ2v) is 3.81. The van der Waals surface area contributed by atoms with Crippen molar-refractivity contribution in [2.75, 3.05) is 26.3 Å². The summed E-state index contributed by atoms with van der Waals surface area (Å²) >= 11 is 0. The van der Waals surface area contributed by atoms with Crippen molar-refractivity contribution < 1.29 is 15.0 Å². The number of amides is 1. The molecule has 0 fully saturated rings. The van der Waals surface area contributed by atoms with E-state index >= 15 is 0 Å². The number of aromatic nitrogens is 1. The van der Waals surface area contributed by atoms with Gasteiger partial charge in [0, 0.05) is 38.3 Å². The maximum atomic E-state index is 11.8. The summed E-state index contributed by atoms with van der Waals surface area (Å²) < 4.78 is 1.45. The lowest BCUT2D eigenvalue weighted by Gasteiger charge is -2.20. The lowest BCUT2D eigenvalue weighted by atomic mass is 10.3. The minimum absolute atomic E-state index is 0.142. The zero-order valence-electron chi connectivity index (χ0n) is 10.2. The summed E-state index contributed by atoms with van der Waals surface area (Å²) in [5, 5.41) is 17.6. The fourth-order valence-corrected chi connectivity index (χ4v) is 1.62. The number of aliphatic hydroxyl groups is 2. The molecule has 1 heterocycles. The molecule has 0 saturated heterocycles. The molecule has 0 aromatic carbocycles. The Balaban J connectivity index is 2.54. The van der Waals surface area contributed by atoms with Crippen molar-refractivity contribution in [2.24, 2.45) is 0 Å². The fourth-order valence-electron chi connectivity index (χ4n) is 1.62. The van der Waals surface area contributed by atoms with Crippen LogP contribution in [0.3, 0.4) is 0 Å². The van der Waals surface area contributed by atoms with E-state index in [2.05, 4.69) is 0 Å². The van der Waals surface area contributed by atoms with Crippen LogP contribution in [0.15, 0.2) is 29.2 Å². The Bertz CT molecular complexity index is 424. The highest BCUT2D eigenvalue weighted by atomic mass is 16.3. The minimum Gasteiger partial charge on any atom is -0.395 e. The third-order valence-corrected chi connectivity index (χ3v) is 2.56. The summed E-state index contributed by atoms with van der Waals surface area (Å²) in [6.07, 6.45) is 1.79. The fraction of sp³-hybridized carbons (Fsp3) is 0.500. The summed E-state index contributed by atoms with van der Waals surface area (Å²) in [5.74, 6) is -0.186. The third-order valence-electron chi connectivity index (χ3n) is 2.56. The van der Waals surface area contributed by atoms with Gasteiger partial charge in [-0.05, 0) is 6.07 Å². The van der Waals surface area contributed by atoms with Crippen molar-refractivity contribution in [1.29, 1.82) is 0 Å². The molecular weight excluding hydrogens is 236 g/mol. The molecule has 6 heteroatoms. The summed E-state index contributed by atoms with van der Waals surface area (Å²) in [6, 6.07) is 4.80. The van der Waals surface area contributed by atoms with Crippen LogP contribution >= 0.6 is 0 Å². The Morgan fingerprint density at radius 2 is 1.89 bits per heavy atom. The molecule has 100 valence electrons. The lowest BCUT2D eigenvalue weighted by Crippen LogP contribution is -2.36. The van der Waals surface area contributed by atoms with Crippen LogP contribution in [0.25, 0.3) is 0 Å². The zero-order chi connectivity index (χ0) is 13.4. The van der Waals surface area contributed by atoms with Crippen LogP contribution in [0, 0.1) is 0 Å². The van der Waals surface area contributed by atoms with Gasteiger partial charge in [0.05, 0.1) is 13.2 Å². The minimum atomic E-state index is -0.186. The number of carbonyl (C=O) groups is 1. The van der Waals surface area contributed by atoms with E-state index in [1.807, 2.05) is 0 Å². The van der Waals surface area contributed by atoms with Crippen LogP contribution in [-0.4, -0.2) is 51.9 Å². The van der Waals surface area contributed by atoms with E-state index in [0.717, 1.165) is 0 Å². The first kappa shape index (κ1) is 14.4. The van der Waals surface area contributed by atoms with Gasteiger partial charge in [-0.3, -0.25) is 9.59 Å². The van der Waals surface area contributed by atoms with E-state index in [4.69, 9.17) is 10.2 Å². The number of hydrogen-bond acceptors (Lipinski definition) is 4. The van der Waals surface area contributed by atoms with Crippen LogP contribution in [0.1, 0.15) is 6.42 Å². The number of carbonyl (C=O) groups excluding carboxylic acids is 1.